The Morgan fingerprint density at radius 1 is 0.879 bits per heavy atom. The van der Waals surface area contributed by atoms with Gasteiger partial charge in [-0.1, -0.05) is 45.4 Å². The molecule has 0 bridgehead atoms. The molecular weight excluding hydrogens is 420 g/mol. The van der Waals surface area contributed by atoms with Crippen molar-refractivity contribution in [1.29, 1.82) is 0 Å². The fraction of sp³-hybridized carbons (Fsp3) is 0.423. The molecule has 2 rings (SSSR count). The molecule has 1 amide bonds. The SMILES string of the molecule is CCCCCCCCCC(=O)N/N=C\c1ccc(OC(=O)c2ccc(OC)c(OC)c2)cc1. The molecule has 1 N–H and O–H groups in total. The number of carbonyl (C=O) groups is 2. The summed E-state index contributed by atoms with van der Waals surface area (Å²) in [6, 6.07) is 11.7. The summed E-state index contributed by atoms with van der Waals surface area (Å²) in [6.07, 6.45) is 10.2. The minimum atomic E-state index is -0.505. The number of esters is 1. The van der Waals surface area contributed by atoms with E-state index in [-0.39, 0.29) is 5.91 Å². The molecule has 0 heterocycles. The molecule has 0 aliphatic heterocycles. The van der Waals surface area contributed by atoms with Gasteiger partial charge in [0, 0.05) is 6.42 Å². The first kappa shape index (κ1) is 25.9. The number of hydrogen-bond donors (Lipinski definition) is 1. The van der Waals surface area contributed by atoms with Crippen LogP contribution in [0.2, 0.25) is 0 Å². The molecule has 178 valence electrons. The van der Waals surface area contributed by atoms with Crippen LogP contribution in [0.15, 0.2) is 47.6 Å². The molecule has 7 nitrogen and oxygen atoms in total. The second kappa shape index (κ2) is 14.7. The van der Waals surface area contributed by atoms with Crippen LogP contribution < -0.4 is 19.6 Å². The van der Waals surface area contributed by atoms with Crippen molar-refractivity contribution in [3.05, 3.63) is 53.6 Å². The average molecular weight is 455 g/mol. The van der Waals surface area contributed by atoms with Crippen molar-refractivity contribution in [2.75, 3.05) is 14.2 Å². The standard InChI is InChI=1S/C26H34N2O5/c1-4-5-6-7-8-9-10-11-25(29)28-27-19-20-12-15-22(16-13-20)33-26(30)21-14-17-23(31-2)24(18-21)32-3/h12-19H,4-11H2,1-3H3,(H,28,29)/b27-19-. The second-order valence-electron chi connectivity index (χ2n) is 7.69. The van der Waals surface area contributed by atoms with Crippen molar-refractivity contribution in [2.24, 2.45) is 5.10 Å². The van der Waals surface area contributed by atoms with Crippen LogP contribution in [0.5, 0.6) is 17.2 Å². The van der Waals surface area contributed by atoms with Gasteiger partial charge >= 0.3 is 5.97 Å². The Balaban J connectivity index is 1.75. The van der Waals surface area contributed by atoms with Gasteiger partial charge in [-0.2, -0.15) is 5.10 Å². The van der Waals surface area contributed by atoms with Gasteiger partial charge in [-0.25, -0.2) is 10.2 Å². The number of hydrogen-bond acceptors (Lipinski definition) is 6. The molecule has 0 atom stereocenters. The Kier molecular flexibility index (Phi) is 11.5. The van der Waals surface area contributed by atoms with Crippen LogP contribution >= 0.6 is 0 Å². The number of hydrazone groups is 1. The molecule has 0 aliphatic rings. The van der Waals surface area contributed by atoms with Crippen molar-refractivity contribution in [3.8, 4) is 17.2 Å². The summed E-state index contributed by atoms with van der Waals surface area (Å²) in [5.41, 5.74) is 3.68. The monoisotopic (exact) mass is 454 g/mol. The number of carbonyl (C=O) groups excluding carboxylic acids is 2. The van der Waals surface area contributed by atoms with Gasteiger partial charge < -0.3 is 14.2 Å². The highest BCUT2D eigenvalue weighted by atomic mass is 16.5. The number of amides is 1. The van der Waals surface area contributed by atoms with E-state index in [4.69, 9.17) is 14.2 Å². The molecule has 0 fully saturated rings. The summed E-state index contributed by atoms with van der Waals surface area (Å²) >= 11 is 0. The minimum absolute atomic E-state index is 0.0831. The molecule has 33 heavy (non-hydrogen) atoms. The van der Waals surface area contributed by atoms with E-state index in [2.05, 4.69) is 17.5 Å². The van der Waals surface area contributed by atoms with Crippen LogP contribution in [0, 0.1) is 0 Å². The maximum atomic E-state index is 12.4. The van der Waals surface area contributed by atoms with Crippen LogP contribution in [0.4, 0.5) is 0 Å². The number of unbranched alkanes of at least 4 members (excludes halogenated alkanes) is 6. The quantitative estimate of drug-likeness (QED) is 0.134. The number of ether oxygens (including phenoxy) is 3. The number of nitrogens with one attached hydrogen (secondary N) is 1. The van der Waals surface area contributed by atoms with Gasteiger partial charge in [0.25, 0.3) is 0 Å². The number of nitrogens with zero attached hydrogens (tertiary/aromatic N) is 1. The first-order valence-corrected chi connectivity index (χ1v) is 11.4. The molecule has 0 aromatic heterocycles. The molecule has 0 radical (unpaired) electrons. The highest BCUT2D eigenvalue weighted by Crippen LogP contribution is 2.28. The summed E-state index contributed by atoms with van der Waals surface area (Å²) < 4.78 is 15.8. The third kappa shape index (κ3) is 9.35. The van der Waals surface area contributed by atoms with Gasteiger partial charge in [-0.05, 0) is 54.4 Å². The van der Waals surface area contributed by atoms with Crippen molar-refractivity contribution in [2.45, 2.75) is 58.3 Å². The lowest BCUT2D eigenvalue weighted by Crippen LogP contribution is -2.16. The Bertz CT molecular complexity index is 909. The zero-order valence-corrected chi connectivity index (χ0v) is 19.8. The lowest BCUT2D eigenvalue weighted by atomic mass is 10.1. The molecular formula is C26H34N2O5. The highest BCUT2D eigenvalue weighted by molar-refractivity contribution is 5.92. The summed E-state index contributed by atoms with van der Waals surface area (Å²) in [5, 5.41) is 4.00. The van der Waals surface area contributed by atoms with Gasteiger partial charge in [0.15, 0.2) is 11.5 Å². The maximum absolute atomic E-state index is 12.4. The first-order valence-electron chi connectivity index (χ1n) is 11.4. The van der Waals surface area contributed by atoms with E-state index in [9.17, 15) is 9.59 Å². The summed E-state index contributed by atoms with van der Waals surface area (Å²) in [6.45, 7) is 2.20. The predicted molar refractivity (Wildman–Crippen MR) is 129 cm³/mol. The van der Waals surface area contributed by atoms with Gasteiger partial charge in [-0.3, -0.25) is 4.79 Å². The fourth-order valence-corrected chi connectivity index (χ4v) is 3.23. The summed E-state index contributed by atoms with van der Waals surface area (Å²) in [4.78, 5) is 24.3. The zero-order valence-electron chi connectivity index (χ0n) is 19.8. The number of methoxy groups -OCH3 is 2. The zero-order chi connectivity index (χ0) is 23.9. The minimum Gasteiger partial charge on any atom is -0.493 e. The van der Waals surface area contributed by atoms with E-state index in [0.717, 1.165) is 18.4 Å². The third-order valence-corrected chi connectivity index (χ3v) is 5.12. The molecule has 0 spiro atoms. The largest absolute Gasteiger partial charge is 0.493 e. The lowest BCUT2D eigenvalue weighted by molar-refractivity contribution is -0.121. The van der Waals surface area contributed by atoms with Crippen LogP contribution in [0.25, 0.3) is 0 Å². The predicted octanol–water partition coefficient (Wildman–Crippen LogP) is 5.51. The van der Waals surface area contributed by atoms with Gasteiger partial charge in [0.1, 0.15) is 5.75 Å². The van der Waals surface area contributed by atoms with Crippen molar-refractivity contribution in [1.82, 2.24) is 5.43 Å². The smallest absolute Gasteiger partial charge is 0.343 e. The van der Waals surface area contributed by atoms with Crippen molar-refractivity contribution >= 4 is 18.1 Å². The number of benzene rings is 2. The normalized spacial score (nSPS) is 10.8. The topological polar surface area (TPSA) is 86.2 Å². The molecule has 2 aromatic rings. The Morgan fingerprint density at radius 3 is 2.21 bits per heavy atom. The maximum Gasteiger partial charge on any atom is 0.343 e. The van der Waals surface area contributed by atoms with Crippen LogP contribution in [0.1, 0.15) is 74.2 Å². The number of rotatable bonds is 14. The van der Waals surface area contributed by atoms with Gasteiger partial charge in [0.05, 0.1) is 26.0 Å². The molecule has 0 aliphatic carbocycles. The van der Waals surface area contributed by atoms with Crippen LogP contribution in [-0.4, -0.2) is 32.3 Å². The Labute approximate surface area is 196 Å². The van der Waals surface area contributed by atoms with E-state index in [1.807, 2.05) is 0 Å². The van der Waals surface area contributed by atoms with E-state index in [0.29, 0.717) is 29.2 Å². The van der Waals surface area contributed by atoms with E-state index >= 15 is 0 Å². The molecule has 2 aromatic carbocycles. The average Bonchev–Trinajstić information content (AvgIpc) is 2.84. The second-order valence-corrected chi connectivity index (χ2v) is 7.69. The summed E-state index contributed by atoms with van der Waals surface area (Å²) in [5.74, 6) is 0.796. The van der Waals surface area contributed by atoms with Crippen LogP contribution in [0.3, 0.4) is 0 Å². The van der Waals surface area contributed by atoms with Crippen molar-refractivity contribution in [3.63, 3.8) is 0 Å². The third-order valence-electron chi connectivity index (χ3n) is 5.12. The van der Waals surface area contributed by atoms with Crippen molar-refractivity contribution < 1.29 is 23.8 Å². The van der Waals surface area contributed by atoms with E-state index < -0.39 is 5.97 Å². The molecule has 0 saturated heterocycles. The fourth-order valence-electron chi connectivity index (χ4n) is 3.23. The van der Waals surface area contributed by atoms with Gasteiger partial charge in [-0.15, -0.1) is 0 Å². The highest BCUT2D eigenvalue weighted by Gasteiger charge is 2.13. The Morgan fingerprint density at radius 2 is 1.55 bits per heavy atom. The van der Waals surface area contributed by atoms with Crippen LogP contribution in [-0.2, 0) is 4.79 Å². The molecule has 0 unspecified atom stereocenters. The Hall–Kier alpha value is -3.35. The van der Waals surface area contributed by atoms with E-state index in [1.165, 1.54) is 46.3 Å². The first-order chi connectivity index (χ1) is 16.1. The van der Waals surface area contributed by atoms with E-state index in [1.54, 1.807) is 48.7 Å². The molecule has 7 heteroatoms. The lowest BCUT2D eigenvalue weighted by Gasteiger charge is -2.09. The summed E-state index contributed by atoms with van der Waals surface area (Å²) in [7, 11) is 3.04. The van der Waals surface area contributed by atoms with Gasteiger partial charge in [0.2, 0.25) is 5.91 Å². The molecule has 0 saturated carbocycles.